The van der Waals surface area contributed by atoms with Gasteiger partial charge in [0.05, 0.1) is 0 Å². The van der Waals surface area contributed by atoms with Crippen molar-refractivity contribution < 1.29 is 47.8 Å². The number of imide groups is 1. The molecule has 1 heterocycles. The predicted octanol–water partition coefficient (Wildman–Crippen LogP) is 4.89. The predicted molar refractivity (Wildman–Crippen MR) is 192 cm³/mol. The fraction of sp³-hybridized carbons (Fsp3) is 0.385. The third-order valence-electron chi connectivity index (χ3n) is 7.81. The topological polar surface area (TPSA) is 179 Å². The average molecular weight is 731 g/mol. The van der Waals surface area contributed by atoms with Crippen molar-refractivity contribution in [1.82, 2.24) is 21.0 Å². The van der Waals surface area contributed by atoms with Crippen LogP contribution in [-0.2, 0) is 53.1 Å². The second-order valence-electron chi connectivity index (χ2n) is 13.4. The van der Waals surface area contributed by atoms with Gasteiger partial charge < -0.3 is 35.0 Å². The Morgan fingerprint density at radius 1 is 0.717 bits per heavy atom. The summed E-state index contributed by atoms with van der Waals surface area (Å²) < 4.78 is 16.5. The van der Waals surface area contributed by atoms with Crippen molar-refractivity contribution in [2.24, 2.45) is 0 Å². The van der Waals surface area contributed by atoms with E-state index >= 15 is 0 Å². The molecule has 0 spiro atoms. The SMILES string of the molecule is CC(C)(C)OC(=O)N[C@H](Cc1ccc(OCc2ccccc2)cc1)C(=O)N[C@H](CCCCNC(=O)OCc1ccccc1)C(=O)ON1C(=O)CCC1=O. The van der Waals surface area contributed by atoms with Gasteiger partial charge in [-0.05, 0) is 68.9 Å². The number of benzene rings is 3. The Balaban J connectivity index is 1.40. The van der Waals surface area contributed by atoms with Gasteiger partial charge in [-0.2, -0.15) is 0 Å². The highest BCUT2D eigenvalue weighted by Gasteiger charge is 2.36. The van der Waals surface area contributed by atoms with Crippen LogP contribution in [0, 0.1) is 0 Å². The maximum Gasteiger partial charge on any atom is 0.408 e. The molecular weight excluding hydrogens is 684 g/mol. The summed E-state index contributed by atoms with van der Waals surface area (Å²) in [5.74, 6) is -2.51. The monoisotopic (exact) mass is 730 g/mol. The second kappa shape index (κ2) is 19.6. The van der Waals surface area contributed by atoms with Crippen LogP contribution in [0.5, 0.6) is 5.75 Å². The summed E-state index contributed by atoms with van der Waals surface area (Å²) in [6.07, 6.45) is -0.928. The molecular formula is C39H46N4O10. The first-order valence-corrected chi connectivity index (χ1v) is 17.4. The minimum Gasteiger partial charge on any atom is -0.489 e. The van der Waals surface area contributed by atoms with Crippen molar-refractivity contribution in [1.29, 1.82) is 0 Å². The average Bonchev–Trinajstić information content (AvgIpc) is 3.44. The van der Waals surface area contributed by atoms with Gasteiger partial charge >= 0.3 is 18.2 Å². The highest BCUT2D eigenvalue weighted by molar-refractivity contribution is 6.02. The molecule has 0 unspecified atom stereocenters. The summed E-state index contributed by atoms with van der Waals surface area (Å²) in [6, 6.07) is 23.3. The van der Waals surface area contributed by atoms with Gasteiger partial charge in [0.1, 0.15) is 36.6 Å². The lowest BCUT2D eigenvalue weighted by molar-refractivity contribution is -0.199. The zero-order chi connectivity index (χ0) is 38.2. The van der Waals surface area contributed by atoms with Gasteiger partial charge in [0.15, 0.2) is 0 Å². The van der Waals surface area contributed by atoms with E-state index in [0.29, 0.717) is 35.8 Å². The number of nitrogens with one attached hydrogen (secondary N) is 3. The van der Waals surface area contributed by atoms with Crippen LogP contribution in [0.1, 0.15) is 69.6 Å². The van der Waals surface area contributed by atoms with Crippen LogP contribution in [-0.4, -0.2) is 65.2 Å². The van der Waals surface area contributed by atoms with E-state index in [4.69, 9.17) is 19.0 Å². The summed E-state index contributed by atoms with van der Waals surface area (Å²) in [5.41, 5.74) is 1.65. The number of alkyl carbamates (subject to hydrolysis) is 2. The number of carbonyl (C=O) groups is 6. The molecule has 53 heavy (non-hydrogen) atoms. The molecule has 3 N–H and O–H groups in total. The van der Waals surface area contributed by atoms with Gasteiger partial charge in [-0.1, -0.05) is 72.8 Å². The minimum atomic E-state index is -1.31. The first-order valence-electron chi connectivity index (χ1n) is 17.4. The number of unbranched alkanes of at least 4 members (excludes halogenated alkanes) is 1. The first-order chi connectivity index (χ1) is 25.4. The van der Waals surface area contributed by atoms with E-state index in [0.717, 1.165) is 11.1 Å². The van der Waals surface area contributed by atoms with E-state index in [-0.39, 0.29) is 38.8 Å². The van der Waals surface area contributed by atoms with Gasteiger partial charge in [-0.25, -0.2) is 14.4 Å². The van der Waals surface area contributed by atoms with E-state index < -0.39 is 53.6 Å². The Morgan fingerprint density at radius 2 is 1.32 bits per heavy atom. The Morgan fingerprint density at radius 3 is 1.92 bits per heavy atom. The van der Waals surface area contributed by atoms with Crippen LogP contribution in [0.15, 0.2) is 84.9 Å². The molecule has 1 saturated heterocycles. The van der Waals surface area contributed by atoms with Crippen molar-refractivity contribution in [3.8, 4) is 5.75 Å². The number of ether oxygens (including phenoxy) is 3. The molecule has 0 bridgehead atoms. The summed E-state index contributed by atoms with van der Waals surface area (Å²) in [5, 5.41) is 8.26. The van der Waals surface area contributed by atoms with Gasteiger partial charge in [0.25, 0.3) is 11.8 Å². The molecule has 0 aromatic heterocycles. The van der Waals surface area contributed by atoms with Crippen molar-refractivity contribution in [3.05, 3.63) is 102 Å². The molecule has 0 aliphatic carbocycles. The minimum absolute atomic E-state index is 0.0178. The normalized spacial score (nSPS) is 13.8. The van der Waals surface area contributed by atoms with Crippen molar-refractivity contribution >= 4 is 35.9 Å². The van der Waals surface area contributed by atoms with E-state index in [1.165, 1.54) is 0 Å². The van der Waals surface area contributed by atoms with Crippen molar-refractivity contribution in [2.75, 3.05) is 6.54 Å². The number of rotatable bonds is 17. The molecule has 0 saturated carbocycles. The third kappa shape index (κ3) is 14.0. The summed E-state index contributed by atoms with van der Waals surface area (Å²) >= 11 is 0. The number of nitrogens with zero attached hydrogens (tertiary/aromatic N) is 1. The van der Waals surface area contributed by atoms with Crippen LogP contribution in [0.2, 0.25) is 0 Å². The summed E-state index contributed by atoms with van der Waals surface area (Å²) in [7, 11) is 0. The molecule has 14 nitrogen and oxygen atoms in total. The van der Waals surface area contributed by atoms with Crippen LogP contribution >= 0.6 is 0 Å². The number of amides is 5. The molecule has 282 valence electrons. The molecule has 2 atom stereocenters. The van der Waals surface area contributed by atoms with Gasteiger partial charge in [0, 0.05) is 25.8 Å². The molecule has 3 aromatic carbocycles. The molecule has 14 heteroatoms. The molecule has 0 radical (unpaired) electrons. The van der Waals surface area contributed by atoms with Gasteiger partial charge in [-0.3, -0.25) is 14.4 Å². The van der Waals surface area contributed by atoms with Crippen LogP contribution in [0.4, 0.5) is 9.59 Å². The smallest absolute Gasteiger partial charge is 0.408 e. The second-order valence-corrected chi connectivity index (χ2v) is 13.4. The van der Waals surface area contributed by atoms with Crippen LogP contribution in [0.3, 0.4) is 0 Å². The molecule has 1 aliphatic heterocycles. The molecule has 3 aromatic rings. The maximum atomic E-state index is 13.8. The Labute approximate surface area is 308 Å². The zero-order valence-corrected chi connectivity index (χ0v) is 30.1. The highest BCUT2D eigenvalue weighted by Crippen LogP contribution is 2.18. The van der Waals surface area contributed by atoms with E-state index in [1.54, 1.807) is 45.0 Å². The van der Waals surface area contributed by atoms with Gasteiger partial charge in [0.2, 0.25) is 5.91 Å². The van der Waals surface area contributed by atoms with Crippen LogP contribution < -0.4 is 20.7 Å². The molecule has 5 amide bonds. The highest BCUT2D eigenvalue weighted by atomic mass is 16.7. The zero-order valence-electron chi connectivity index (χ0n) is 30.1. The standard InChI is InChI=1S/C39H46N4O10/c1-39(2,3)52-38(49)42-32(24-27-17-19-30(20-18-27)50-25-28-12-6-4-7-13-28)35(46)41-31(36(47)53-43-33(44)21-22-34(43)45)16-10-11-23-40-37(48)51-26-29-14-8-5-9-15-29/h4-9,12-15,17-20,31-32H,10-11,16,21-26H2,1-3H3,(H,40,48)(H,41,46)(H,42,49)/t31-,32-/m1/s1. The molecule has 4 rings (SSSR count). The first kappa shape index (κ1) is 39.9. The molecule has 1 aliphatic rings. The van der Waals surface area contributed by atoms with Gasteiger partial charge in [-0.15, -0.1) is 5.06 Å². The van der Waals surface area contributed by atoms with Crippen molar-refractivity contribution in [2.45, 2.75) is 90.2 Å². The lowest BCUT2D eigenvalue weighted by Crippen LogP contribution is -2.54. The number of carbonyl (C=O) groups excluding carboxylic acids is 6. The number of hydrogen-bond donors (Lipinski definition) is 3. The molecule has 1 fully saturated rings. The maximum absolute atomic E-state index is 13.8. The fourth-order valence-electron chi connectivity index (χ4n) is 5.13. The van der Waals surface area contributed by atoms with Crippen molar-refractivity contribution in [3.63, 3.8) is 0 Å². The Bertz CT molecular complexity index is 1680. The number of hydrogen-bond acceptors (Lipinski definition) is 10. The summed E-state index contributed by atoms with van der Waals surface area (Å²) in [4.78, 5) is 81.6. The Hall–Kier alpha value is -5.92. The third-order valence-corrected chi connectivity index (χ3v) is 7.81. The lowest BCUT2D eigenvalue weighted by Gasteiger charge is -2.25. The number of hydroxylamine groups is 2. The van der Waals surface area contributed by atoms with E-state index in [2.05, 4.69) is 16.0 Å². The van der Waals surface area contributed by atoms with Crippen LogP contribution in [0.25, 0.3) is 0 Å². The Kier molecular flexibility index (Phi) is 14.8. The van der Waals surface area contributed by atoms with E-state index in [9.17, 15) is 28.8 Å². The fourth-order valence-corrected chi connectivity index (χ4v) is 5.13. The lowest BCUT2D eigenvalue weighted by atomic mass is 10.0. The van der Waals surface area contributed by atoms with E-state index in [1.807, 2.05) is 60.7 Å². The largest absolute Gasteiger partial charge is 0.489 e. The summed E-state index contributed by atoms with van der Waals surface area (Å²) in [6.45, 7) is 5.72. The quantitative estimate of drug-likeness (QED) is 0.128.